The van der Waals surface area contributed by atoms with E-state index in [0.717, 1.165) is 4.57 Å². The quantitative estimate of drug-likeness (QED) is 0.582. The molecule has 0 amide bonds. The molecule has 0 spiro atoms. The van der Waals surface area contributed by atoms with Gasteiger partial charge in [-0.2, -0.15) is 0 Å². The Balaban J connectivity index is 2.54. The van der Waals surface area contributed by atoms with E-state index in [-0.39, 0.29) is 29.6 Å². The summed E-state index contributed by atoms with van der Waals surface area (Å²) in [6.07, 6.45) is -0.762. The Labute approximate surface area is 132 Å². The third-order valence-electron chi connectivity index (χ3n) is 3.72. The van der Waals surface area contributed by atoms with Crippen molar-refractivity contribution >= 4 is 11.2 Å². The molecular formula is C14H23N5O4. The van der Waals surface area contributed by atoms with Crippen LogP contribution in [0.3, 0.4) is 0 Å². The minimum atomic E-state index is -0.762. The van der Waals surface area contributed by atoms with Crippen LogP contribution < -0.4 is 16.6 Å². The first-order valence-corrected chi connectivity index (χ1v) is 7.45. The van der Waals surface area contributed by atoms with E-state index in [4.69, 9.17) is 0 Å². The number of hydrogen-bond acceptors (Lipinski definition) is 6. The van der Waals surface area contributed by atoms with Crippen molar-refractivity contribution in [2.24, 2.45) is 14.1 Å². The first-order valence-electron chi connectivity index (χ1n) is 7.45. The lowest BCUT2D eigenvalue weighted by molar-refractivity contribution is 0.146. The van der Waals surface area contributed by atoms with Gasteiger partial charge in [0.1, 0.15) is 12.4 Å². The predicted octanol–water partition coefficient (Wildman–Crippen LogP) is -1.72. The monoisotopic (exact) mass is 325 g/mol. The lowest BCUT2D eigenvalue weighted by atomic mass is 10.3. The minimum absolute atomic E-state index is 0.0968. The summed E-state index contributed by atoms with van der Waals surface area (Å²) < 4.78 is 3.72. The fourth-order valence-corrected chi connectivity index (χ4v) is 2.46. The Bertz CT molecular complexity index is 817. The number of nitrogens with zero attached hydrogens (tertiary/aromatic N) is 4. The Hall–Kier alpha value is -1.97. The fraction of sp³-hybridized carbons (Fsp3) is 0.643. The summed E-state index contributed by atoms with van der Waals surface area (Å²) in [5.74, 6) is 0.238. The second kappa shape index (κ2) is 6.65. The van der Waals surface area contributed by atoms with E-state index in [1.54, 1.807) is 0 Å². The fourth-order valence-electron chi connectivity index (χ4n) is 2.46. The molecule has 0 aliphatic heterocycles. The molecule has 2 aromatic rings. The standard InChI is InChI=1S/C14H23N5O4/c1-8(2)15-5-9(21)6-19-10(7-20)16-12-11(19)13(22)18(4)14(23)17(12)3/h8-9,15,20-21H,5-7H2,1-4H3/t9-/m1/s1. The van der Waals surface area contributed by atoms with E-state index < -0.39 is 24.0 Å². The maximum absolute atomic E-state index is 12.4. The van der Waals surface area contributed by atoms with Crippen molar-refractivity contribution in [2.75, 3.05) is 6.54 Å². The van der Waals surface area contributed by atoms with Crippen LogP contribution in [0.4, 0.5) is 0 Å². The molecule has 128 valence electrons. The first kappa shape index (κ1) is 17.4. The molecule has 0 aromatic carbocycles. The molecule has 3 N–H and O–H groups in total. The van der Waals surface area contributed by atoms with Crippen molar-refractivity contribution in [1.29, 1.82) is 0 Å². The second-order valence-electron chi connectivity index (χ2n) is 5.89. The van der Waals surface area contributed by atoms with E-state index in [9.17, 15) is 19.8 Å². The van der Waals surface area contributed by atoms with Crippen LogP contribution in [0.5, 0.6) is 0 Å². The van der Waals surface area contributed by atoms with Gasteiger partial charge in [-0.15, -0.1) is 0 Å². The number of aliphatic hydroxyl groups is 2. The molecule has 0 unspecified atom stereocenters. The van der Waals surface area contributed by atoms with Gasteiger partial charge < -0.3 is 20.1 Å². The molecule has 2 heterocycles. The predicted molar refractivity (Wildman–Crippen MR) is 85.3 cm³/mol. The van der Waals surface area contributed by atoms with Crippen molar-refractivity contribution in [3.63, 3.8) is 0 Å². The van der Waals surface area contributed by atoms with Crippen molar-refractivity contribution in [3.8, 4) is 0 Å². The number of hydrogen-bond donors (Lipinski definition) is 3. The number of nitrogens with one attached hydrogen (secondary N) is 1. The van der Waals surface area contributed by atoms with Gasteiger partial charge in [0.25, 0.3) is 5.56 Å². The van der Waals surface area contributed by atoms with Gasteiger partial charge in [-0.3, -0.25) is 13.9 Å². The molecule has 1 atom stereocenters. The van der Waals surface area contributed by atoms with Crippen molar-refractivity contribution < 1.29 is 10.2 Å². The molecule has 0 fully saturated rings. The second-order valence-corrected chi connectivity index (χ2v) is 5.89. The highest BCUT2D eigenvalue weighted by atomic mass is 16.3. The van der Waals surface area contributed by atoms with Crippen molar-refractivity contribution in [1.82, 2.24) is 24.0 Å². The minimum Gasteiger partial charge on any atom is -0.390 e. The highest BCUT2D eigenvalue weighted by molar-refractivity contribution is 5.71. The average molecular weight is 325 g/mol. The summed E-state index contributed by atoms with van der Waals surface area (Å²) in [6.45, 7) is 3.97. The lowest BCUT2D eigenvalue weighted by Gasteiger charge is -2.16. The van der Waals surface area contributed by atoms with Crippen LogP contribution in [0.25, 0.3) is 11.2 Å². The molecule has 0 aliphatic carbocycles. The SMILES string of the molecule is CC(C)NC[C@@H](O)Cn1c(CO)nc2c1c(=O)n(C)c(=O)n2C. The average Bonchev–Trinajstić information content (AvgIpc) is 2.87. The molecule has 23 heavy (non-hydrogen) atoms. The third kappa shape index (κ3) is 3.21. The van der Waals surface area contributed by atoms with Crippen LogP contribution in [0.2, 0.25) is 0 Å². The zero-order valence-electron chi connectivity index (χ0n) is 13.8. The van der Waals surface area contributed by atoms with Gasteiger partial charge in [-0.05, 0) is 0 Å². The van der Waals surface area contributed by atoms with E-state index in [1.807, 2.05) is 13.8 Å². The zero-order valence-corrected chi connectivity index (χ0v) is 13.8. The number of aryl methyl sites for hydroxylation is 1. The Morgan fingerprint density at radius 3 is 2.43 bits per heavy atom. The molecule has 0 saturated carbocycles. The van der Waals surface area contributed by atoms with Crippen LogP contribution in [-0.4, -0.2) is 47.6 Å². The normalized spacial score (nSPS) is 13.2. The van der Waals surface area contributed by atoms with E-state index >= 15 is 0 Å². The smallest absolute Gasteiger partial charge is 0.332 e. The lowest BCUT2D eigenvalue weighted by Crippen LogP contribution is -2.38. The van der Waals surface area contributed by atoms with Gasteiger partial charge in [0.05, 0.1) is 12.6 Å². The van der Waals surface area contributed by atoms with Gasteiger partial charge in [-0.25, -0.2) is 9.78 Å². The van der Waals surface area contributed by atoms with Crippen molar-refractivity contribution in [3.05, 3.63) is 26.7 Å². The molecule has 9 heteroatoms. The molecule has 2 aromatic heterocycles. The summed E-state index contributed by atoms with van der Waals surface area (Å²) in [5, 5.41) is 22.8. The number of aromatic nitrogens is 4. The number of rotatable bonds is 6. The maximum atomic E-state index is 12.4. The third-order valence-corrected chi connectivity index (χ3v) is 3.72. The van der Waals surface area contributed by atoms with Gasteiger partial charge in [-0.1, -0.05) is 13.8 Å². The zero-order chi connectivity index (χ0) is 17.3. The van der Waals surface area contributed by atoms with Crippen LogP contribution >= 0.6 is 0 Å². The highest BCUT2D eigenvalue weighted by Crippen LogP contribution is 2.12. The van der Waals surface area contributed by atoms with Crippen LogP contribution in [0, 0.1) is 0 Å². The maximum Gasteiger partial charge on any atom is 0.332 e. The van der Waals surface area contributed by atoms with Crippen LogP contribution in [-0.2, 0) is 27.2 Å². The molecular weight excluding hydrogens is 302 g/mol. The summed E-state index contributed by atoms with van der Waals surface area (Å²) in [4.78, 5) is 28.5. The van der Waals surface area contributed by atoms with Gasteiger partial charge >= 0.3 is 5.69 Å². The summed E-state index contributed by atoms with van der Waals surface area (Å²) >= 11 is 0. The Kier molecular flexibility index (Phi) is 5.03. The van der Waals surface area contributed by atoms with Gasteiger partial charge in [0.2, 0.25) is 0 Å². The van der Waals surface area contributed by atoms with E-state index in [1.165, 1.54) is 23.2 Å². The number of fused-ring (bicyclic) bond motifs is 1. The molecule has 0 bridgehead atoms. The summed E-state index contributed by atoms with van der Waals surface area (Å²) in [7, 11) is 2.90. The van der Waals surface area contributed by atoms with Gasteiger partial charge in [0.15, 0.2) is 11.2 Å². The molecule has 0 radical (unpaired) electrons. The topological polar surface area (TPSA) is 114 Å². The number of imidazole rings is 1. The Morgan fingerprint density at radius 1 is 1.22 bits per heavy atom. The molecule has 2 rings (SSSR count). The molecule has 9 nitrogen and oxygen atoms in total. The highest BCUT2D eigenvalue weighted by Gasteiger charge is 2.20. The first-order chi connectivity index (χ1) is 10.8. The summed E-state index contributed by atoms with van der Waals surface area (Å²) in [6, 6.07) is 0.218. The molecule has 0 aliphatic rings. The summed E-state index contributed by atoms with van der Waals surface area (Å²) in [5.41, 5.74) is -0.591. The van der Waals surface area contributed by atoms with Crippen LogP contribution in [0.1, 0.15) is 19.7 Å². The molecule has 0 saturated heterocycles. The van der Waals surface area contributed by atoms with Gasteiger partial charge in [0, 0.05) is 26.7 Å². The van der Waals surface area contributed by atoms with E-state index in [2.05, 4.69) is 10.3 Å². The number of aliphatic hydroxyl groups excluding tert-OH is 2. The van der Waals surface area contributed by atoms with E-state index in [0.29, 0.717) is 6.54 Å². The largest absolute Gasteiger partial charge is 0.390 e. The van der Waals surface area contributed by atoms with Crippen molar-refractivity contribution in [2.45, 2.75) is 39.1 Å². The van der Waals surface area contributed by atoms with Crippen LogP contribution in [0.15, 0.2) is 9.59 Å². The Morgan fingerprint density at radius 2 is 1.87 bits per heavy atom.